The summed E-state index contributed by atoms with van der Waals surface area (Å²) < 4.78 is 52.0. The summed E-state index contributed by atoms with van der Waals surface area (Å²) in [6, 6.07) is 82.6. The van der Waals surface area contributed by atoms with Gasteiger partial charge in [0.2, 0.25) is 0 Å². The molecule has 0 aliphatic carbocycles. The molecule has 2 atom stereocenters. The highest BCUT2D eigenvalue weighted by Crippen LogP contribution is 2.74. The molecule has 0 bridgehead atoms. The van der Waals surface area contributed by atoms with Crippen LogP contribution in [0.3, 0.4) is 0 Å². The maximum Gasteiger partial charge on any atom is 0.186 e. The van der Waals surface area contributed by atoms with Gasteiger partial charge in [0, 0.05) is 22.7 Å². The van der Waals surface area contributed by atoms with Gasteiger partial charge in [0.05, 0.1) is 66.0 Å². The molecule has 0 saturated heterocycles. The summed E-state index contributed by atoms with van der Waals surface area (Å²) in [5.41, 5.74) is 13.1. The number of rotatable bonds is 6. The Morgan fingerprint density at radius 3 is 1.09 bits per heavy atom. The number of para-hydroxylation sites is 4. The number of benzene rings is 11. The molecule has 0 spiro atoms. The summed E-state index contributed by atoms with van der Waals surface area (Å²) in [6.45, 7) is 0. The first-order valence-electron chi connectivity index (χ1n) is 25.5. The van der Waals surface area contributed by atoms with Crippen LogP contribution in [0.2, 0.25) is 0 Å². The fraction of sp³-hybridized carbons (Fsp3) is 0. The van der Waals surface area contributed by atoms with Gasteiger partial charge in [0.1, 0.15) is 22.9 Å². The lowest BCUT2D eigenvalue weighted by Gasteiger charge is -2.51. The van der Waals surface area contributed by atoms with Crippen LogP contribution >= 0.6 is 14.3 Å². The van der Waals surface area contributed by atoms with Crippen LogP contribution in [0.5, 0.6) is 23.0 Å². The minimum atomic E-state index is -4.08. The Kier molecular flexibility index (Phi) is 8.39. The number of hydrogen-bond donors (Lipinski definition) is 0. The van der Waals surface area contributed by atoms with Crippen LogP contribution in [-0.2, 0) is 9.13 Å². The maximum atomic E-state index is 18.5. The standard InChI is InChI=1S/C66H40N4O4P2/c71-75-61-49-33-19-34-50(61)69(47-29-15-5-16-30-47)57-60-66-58(59(65(57)75)73-55-36-20-35-51(63(55)75)67(49)45-25-11-3-12-26-45)70(48-31-17-6-18-32-48)53-38-43(41-21-7-1-8-22-41)37-52-62(53)76(66,72)64-54(68(52)46-27-13-4-14-28-46)39-44(40-56(64)74-60)42-23-9-2-10-24-42/h1-40H. The Morgan fingerprint density at radius 1 is 0.263 bits per heavy atom. The lowest BCUT2D eigenvalue weighted by Crippen LogP contribution is -2.50. The SMILES string of the molecule is O=P12c3c4cccc3N(c3ccccc3)c3cccc(c31)N(c1ccccc1)c1c3c5c(c(c12)O4)N(c1ccccc1)c1cc(-c2ccccc2)cc2c1P5(=O)c1c(cc(-c4ccccc4)cc1N2c1ccccc1)O3. The molecule has 358 valence electrons. The van der Waals surface area contributed by atoms with Gasteiger partial charge in [-0.05, 0) is 119 Å². The van der Waals surface area contributed by atoms with Crippen molar-refractivity contribution in [1.82, 2.24) is 0 Å². The summed E-state index contributed by atoms with van der Waals surface area (Å²) in [6.07, 6.45) is 0. The third-order valence-corrected chi connectivity index (χ3v) is 22.3. The third kappa shape index (κ3) is 5.29. The third-order valence-electron chi connectivity index (χ3n) is 15.9. The van der Waals surface area contributed by atoms with Crippen LogP contribution in [-0.4, -0.2) is 0 Å². The molecule has 0 N–H and O–H groups in total. The predicted octanol–water partition coefficient (Wildman–Crippen LogP) is 15.6. The number of anilines is 12. The molecule has 11 aromatic carbocycles. The van der Waals surface area contributed by atoms with Gasteiger partial charge in [-0.25, -0.2) is 0 Å². The highest BCUT2D eigenvalue weighted by Gasteiger charge is 2.62. The molecule has 6 aliphatic rings. The van der Waals surface area contributed by atoms with E-state index in [-0.39, 0.29) is 0 Å². The van der Waals surface area contributed by atoms with Crippen molar-refractivity contribution in [2.75, 3.05) is 19.6 Å². The molecule has 8 nitrogen and oxygen atoms in total. The van der Waals surface area contributed by atoms with E-state index in [0.717, 1.165) is 79.1 Å². The van der Waals surface area contributed by atoms with Crippen LogP contribution in [0, 0.1) is 0 Å². The normalized spacial score (nSPS) is 17.8. The van der Waals surface area contributed by atoms with E-state index in [2.05, 4.69) is 165 Å². The van der Waals surface area contributed by atoms with E-state index in [1.165, 1.54) is 0 Å². The van der Waals surface area contributed by atoms with Crippen molar-refractivity contribution >= 4 is 114 Å². The highest BCUT2D eigenvalue weighted by molar-refractivity contribution is 7.88. The molecule has 0 saturated carbocycles. The van der Waals surface area contributed by atoms with Gasteiger partial charge in [-0.15, -0.1) is 0 Å². The van der Waals surface area contributed by atoms with E-state index in [9.17, 15) is 0 Å². The van der Waals surface area contributed by atoms with Crippen molar-refractivity contribution in [1.29, 1.82) is 0 Å². The Balaban J connectivity index is 1.09. The molecular weight excluding hydrogens is 975 g/mol. The van der Waals surface area contributed by atoms with Crippen LogP contribution in [0.4, 0.5) is 68.2 Å². The average molecular weight is 1020 g/mol. The van der Waals surface area contributed by atoms with E-state index in [1.54, 1.807) is 0 Å². The second kappa shape index (κ2) is 15.1. The van der Waals surface area contributed by atoms with Crippen molar-refractivity contribution in [3.8, 4) is 45.3 Å². The smallest absolute Gasteiger partial charge is 0.186 e. The molecule has 17 rings (SSSR count). The van der Waals surface area contributed by atoms with Crippen molar-refractivity contribution in [2.24, 2.45) is 0 Å². The number of fused-ring (bicyclic) bond motifs is 2. The van der Waals surface area contributed by atoms with Gasteiger partial charge in [0.25, 0.3) is 0 Å². The molecule has 0 radical (unpaired) electrons. The molecule has 11 aromatic rings. The number of hydrogen-bond acceptors (Lipinski definition) is 8. The van der Waals surface area contributed by atoms with E-state index >= 15 is 9.13 Å². The molecular formula is C66H40N4O4P2. The van der Waals surface area contributed by atoms with Gasteiger partial charge in [-0.3, -0.25) is 0 Å². The summed E-state index contributed by atoms with van der Waals surface area (Å²) >= 11 is 0. The molecule has 6 aliphatic heterocycles. The summed E-state index contributed by atoms with van der Waals surface area (Å²) in [5.74, 6) is 1.76. The molecule has 0 fully saturated rings. The maximum absolute atomic E-state index is 18.5. The molecule has 2 unspecified atom stereocenters. The van der Waals surface area contributed by atoms with Crippen LogP contribution in [0.15, 0.2) is 243 Å². The first-order chi connectivity index (χ1) is 37.5. The lowest BCUT2D eigenvalue weighted by atomic mass is 9.99. The molecule has 0 aromatic heterocycles. The van der Waals surface area contributed by atoms with Gasteiger partial charge < -0.3 is 38.2 Å². The number of ether oxygens (including phenoxy) is 2. The minimum absolute atomic E-state index is 0.392. The Morgan fingerprint density at radius 2 is 0.592 bits per heavy atom. The average Bonchev–Trinajstić information content (AvgIpc) is 3.52. The van der Waals surface area contributed by atoms with Crippen molar-refractivity contribution in [3.05, 3.63) is 243 Å². The van der Waals surface area contributed by atoms with E-state index in [0.29, 0.717) is 66.2 Å². The monoisotopic (exact) mass is 1010 g/mol. The van der Waals surface area contributed by atoms with E-state index in [1.807, 2.05) is 97.1 Å². The van der Waals surface area contributed by atoms with Crippen LogP contribution in [0.25, 0.3) is 22.3 Å². The second-order valence-corrected chi connectivity index (χ2v) is 25.0. The minimum Gasteiger partial charge on any atom is -0.453 e. The molecule has 0 amide bonds. The van der Waals surface area contributed by atoms with Gasteiger partial charge >= 0.3 is 0 Å². The van der Waals surface area contributed by atoms with Gasteiger partial charge in [0.15, 0.2) is 25.8 Å². The summed E-state index contributed by atoms with van der Waals surface area (Å²) in [4.78, 5) is 8.90. The fourth-order valence-corrected chi connectivity index (χ4v) is 20.0. The molecule has 6 heterocycles. The van der Waals surface area contributed by atoms with Crippen LogP contribution < -0.4 is 60.9 Å². The Labute approximate surface area is 438 Å². The summed E-state index contributed by atoms with van der Waals surface area (Å²) in [5, 5.41) is 3.65. The fourth-order valence-electron chi connectivity index (χ4n) is 13.0. The summed E-state index contributed by atoms with van der Waals surface area (Å²) in [7, 11) is -8.04. The van der Waals surface area contributed by atoms with E-state index < -0.39 is 14.3 Å². The highest BCUT2D eigenvalue weighted by atomic mass is 31.2. The largest absolute Gasteiger partial charge is 0.453 e. The Bertz CT molecular complexity index is 4430. The second-order valence-electron chi connectivity index (χ2n) is 19.9. The zero-order valence-corrected chi connectivity index (χ0v) is 42.2. The van der Waals surface area contributed by atoms with Crippen molar-refractivity contribution < 1.29 is 18.6 Å². The van der Waals surface area contributed by atoms with Gasteiger partial charge in [-0.2, -0.15) is 0 Å². The first-order valence-corrected chi connectivity index (χ1v) is 28.9. The first kappa shape index (κ1) is 42.1. The van der Waals surface area contributed by atoms with Gasteiger partial charge in [-0.1, -0.05) is 146 Å². The van der Waals surface area contributed by atoms with Crippen molar-refractivity contribution in [3.63, 3.8) is 0 Å². The van der Waals surface area contributed by atoms with Crippen LogP contribution in [0.1, 0.15) is 0 Å². The molecule has 10 heteroatoms. The Hall–Kier alpha value is -9.32. The zero-order chi connectivity index (χ0) is 50.0. The quantitative estimate of drug-likeness (QED) is 0.153. The number of nitrogens with zero attached hydrogens (tertiary/aromatic N) is 4. The lowest BCUT2D eigenvalue weighted by molar-refractivity contribution is 0.474. The van der Waals surface area contributed by atoms with Crippen molar-refractivity contribution in [2.45, 2.75) is 0 Å². The molecule has 76 heavy (non-hydrogen) atoms. The van der Waals surface area contributed by atoms with E-state index in [4.69, 9.17) is 9.47 Å². The topological polar surface area (TPSA) is 65.6 Å². The zero-order valence-electron chi connectivity index (χ0n) is 40.4. The predicted molar refractivity (Wildman–Crippen MR) is 309 cm³/mol.